The Bertz CT molecular complexity index is 100. The minimum absolute atomic E-state index is 0.0579. The van der Waals surface area contributed by atoms with E-state index in [4.69, 9.17) is 5.73 Å². The van der Waals surface area contributed by atoms with Crippen LogP contribution in [0.3, 0.4) is 0 Å². The average molecular weight is 116 g/mol. The van der Waals surface area contributed by atoms with Gasteiger partial charge in [0.2, 0.25) is 5.88 Å². The summed E-state index contributed by atoms with van der Waals surface area (Å²) in [6.07, 6.45) is 1.66. The summed E-state index contributed by atoms with van der Waals surface area (Å²) in [5, 5.41) is 0. The summed E-state index contributed by atoms with van der Waals surface area (Å²) in [6, 6.07) is 0. The lowest BCUT2D eigenvalue weighted by atomic mass is 10.6. The number of hydroxylamine groups is 1. The van der Waals surface area contributed by atoms with E-state index in [2.05, 4.69) is 10.3 Å². The molecule has 0 spiro atoms. The number of hydrogen-bond donors (Lipinski definition) is 2. The lowest BCUT2D eigenvalue weighted by molar-refractivity contribution is -0.104. The van der Waals surface area contributed by atoms with Gasteiger partial charge in [-0.3, -0.25) is 4.79 Å². The minimum atomic E-state index is 0.0579. The molecule has 0 aliphatic rings. The third kappa shape index (κ3) is 3.17. The van der Waals surface area contributed by atoms with E-state index in [-0.39, 0.29) is 5.88 Å². The largest absolute Gasteiger partial charge is 0.391 e. The molecule has 46 valence electrons. The van der Waals surface area contributed by atoms with Gasteiger partial charge in [-0.2, -0.15) is 5.48 Å². The van der Waals surface area contributed by atoms with E-state index < -0.39 is 0 Å². The third-order valence-electron chi connectivity index (χ3n) is 0.452. The summed E-state index contributed by atoms with van der Waals surface area (Å²) in [5.74, 6) is 0.0579. The van der Waals surface area contributed by atoms with Crippen molar-refractivity contribution in [2.75, 3.05) is 7.05 Å². The summed E-state index contributed by atoms with van der Waals surface area (Å²) in [5.41, 5.74) is 7.34. The quantitative estimate of drug-likeness (QED) is 0.218. The van der Waals surface area contributed by atoms with Crippen molar-refractivity contribution in [2.45, 2.75) is 0 Å². The number of aldehydes is 1. The Morgan fingerprint density at radius 1 is 1.88 bits per heavy atom. The molecule has 0 saturated heterocycles. The van der Waals surface area contributed by atoms with Crippen molar-refractivity contribution in [1.82, 2.24) is 5.48 Å². The van der Waals surface area contributed by atoms with Crippen LogP contribution < -0.4 is 11.2 Å². The van der Waals surface area contributed by atoms with Gasteiger partial charge in [0, 0.05) is 13.1 Å². The Balaban J connectivity index is 3.44. The molecule has 0 rings (SSSR count). The Morgan fingerprint density at radius 2 is 2.50 bits per heavy atom. The van der Waals surface area contributed by atoms with Crippen molar-refractivity contribution < 1.29 is 9.63 Å². The van der Waals surface area contributed by atoms with Crippen LogP contribution in [0.1, 0.15) is 0 Å². The molecule has 0 aromatic rings. The van der Waals surface area contributed by atoms with Crippen molar-refractivity contribution in [1.29, 1.82) is 0 Å². The molecular formula is C4H8N2O2. The molecule has 0 aliphatic carbocycles. The highest BCUT2D eigenvalue weighted by Crippen LogP contribution is 1.76. The van der Waals surface area contributed by atoms with E-state index in [1.165, 1.54) is 0 Å². The highest BCUT2D eigenvalue weighted by molar-refractivity contribution is 5.65. The van der Waals surface area contributed by atoms with E-state index in [0.717, 1.165) is 6.08 Å². The van der Waals surface area contributed by atoms with E-state index in [1.54, 1.807) is 7.05 Å². The molecule has 8 heavy (non-hydrogen) atoms. The monoisotopic (exact) mass is 116 g/mol. The molecule has 0 amide bonds. The molecule has 0 heterocycles. The first kappa shape index (κ1) is 6.97. The molecule has 3 N–H and O–H groups in total. The zero-order valence-electron chi connectivity index (χ0n) is 4.55. The summed E-state index contributed by atoms with van der Waals surface area (Å²) in [4.78, 5) is 14.1. The van der Waals surface area contributed by atoms with Crippen LogP contribution in [-0.4, -0.2) is 13.3 Å². The molecule has 4 heteroatoms. The number of carbonyl (C=O) groups is 1. The molecule has 0 radical (unpaired) electrons. The van der Waals surface area contributed by atoms with Crippen LogP contribution in [-0.2, 0) is 9.63 Å². The third-order valence-corrected chi connectivity index (χ3v) is 0.452. The molecular weight excluding hydrogens is 108 g/mol. The van der Waals surface area contributed by atoms with Crippen LogP contribution in [0.5, 0.6) is 0 Å². The number of allylic oxidation sites excluding steroid dienone is 1. The van der Waals surface area contributed by atoms with E-state index in [9.17, 15) is 4.79 Å². The minimum Gasteiger partial charge on any atom is -0.391 e. The number of nitrogens with one attached hydrogen (secondary N) is 1. The van der Waals surface area contributed by atoms with Gasteiger partial charge in [-0.1, -0.05) is 0 Å². The maximum atomic E-state index is 9.63. The van der Waals surface area contributed by atoms with Crippen LogP contribution in [0.15, 0.2) is 12.0 Å². The molecule has 0 fully saturated rings. The first-order valence-electron chi connectivity index (χ1n) is 2.05. The van der Waals surface area contributed by atoms with Gasteiger partial charge in [0.1, 0.15) is 6.29 Å². The number of nitrogens with two attached hydrogens (primary N) is 1. The molecule has 0 aliphatic heterocycles. The van der Waals surface area contributed by atoms with Gasteiger partial charge in [-0.05, 0) is 0 Å². The molecule has 0 atom stereocenters. The average Bonchev–Trinajstić information content (AvgIpc) is 1.68. The Hall–Kier alpha value is -1.03. The zero-order valence-corrected chi connectivity index (χ0v) is 4.55. The first-order valence-corrected chi connectivity index (χ1v) is 2.05. The predicted octanol–water partition coefficient (Wildman–Crippen LogP) is -0.864. The fraction of sp³-hybridized carbons (Fsp3) is 0.250. The van der Waals surface area contributed by atoms with Crippen molar-refractivity contribution in [3.05, 3.63) is 12.0 Å². The molecule has 0 aromatic carbocycles. The van der Waals surface area contributed by atoms with Gasteiger partial charge in [0.25, 0.3) is 0 Å². The zero-order chi connectivity index (χ0) is 6.41. The van der Waals surface area contributed by atoms with Crippen LogP contribution in [0.25, 0.3) is 0 Å². The van der Waals surface area contributed by atoms with E-state index in [1.807, 2.05) is 0 Å². The lowest BCUT2D eigenvalue weighted by Gasteiger charge is -1.97. The van der Waals surface area contributed by atoms with Crippen molar-refractivity contribution in [3.63, 3.8) is 0 Å². The van der Waals surface area contributed by atoms with Crippen LogP contribution >= 0.6 is 0 Å². The molecule has 0 aromatic heterocycles. The fourth-order valence-electron chi connectivity index (χ4n) is 0.219. The summed E-state index contributed by atoms with van der Waals surface area (Å²) < 4.78 is 0. The second kappa shape index (κ2) is 4.14. The highest BCUT2D eigenvalue weighted by Gasteiger charge is 1.81. The van der Waals surface area contributed by atoms with Gasteiger partial charge in [-0.25, -0.2) is 0 Å². The standard InChI is InChI=1S/C4H8N2O2/c1-6-8-4(5)2-3-7/h2-3,6H,5H2,1H3. The normalized spacial score (nSPS) is 10.9. The van der Waals surface area contributed by atoms with Crippen LogP contribution in [0.4, 0.5) is 0 Å². The SMILES string of the molecule is CNOC(N)=CC=O. The van der Waals surface area contributed by atoms with Gasteiger partial charge < -0.3 is 10.6 Å². The van der Waals surface area contributed by atoms with Gasteiger partial charge in [0.15, 0.2) is 0 Å². The van der Waals surface area contributed by atoms with E-state index in [0.29, 0.717) is 6.29 Å². The van der Waals surface area contributed by atoms with Gasteiger partial charge >= 0.3 is 0 Å². The summed E-state index contributed by atoms with van der Waals surface area (Å²) >= 11 is 0. The highest BCUT2D eigenvalue weighted by atomic mass is 16.7. The second-order valence-electron chi connectivity index (χ2n) is 1.01. The lowest BCUT2D eigenvalue weighted by Crippen LogP contribution is -2.12. The summed E-state index contributed by atoms with van der Waals surface area (Å²) in [6.45, 7) is 0. The van der Waals surface area contributed by atoms with Crippen LogP contribution in [0, 0.1) is 0 Å². The molecule has 0 bridgehead atoms. The fourth-order valence-corrected chi connectivity index (χ4v) is 0.219. The first-order chi connectivity index (χ1) is 3.81. The Morgan fingerprint density at radius 3 is 2.88 bits per heavy atom. The molecule has 0 unspecified atom stereocenters. The maximum Gasteiger partial charge on any atom is 0.212 e. The number of hydrogen-bond acceptors (Lipinski definition) is 4. The van der Waals surface area contributed by atoms with Gasteiger partial charge in [-0.15, -0.1) is 0 Å². The Labute approximate surface area is 47.3 Å². The van der Waals surface area contributed by atoms with Gasteiger partial charge in [0.05, 0.1) is 0 Å². The smallest absolute Gasteiger partial charge is 0.212 e. The maximum absolute atomic E-state index is 9.63. The number of rotatable bonds is 3. The topological polar surface area (TPSA) is 64.3 Å². The van der Waals surface area contributed by atoms with Crippen molar-refractivity contribution >= 4 is 6.29 Å². The molecule has 0 saturated carbocycles. The summed E-state index contributed by atoms with van der Waals surface area (Å²) in [7, 11) is 1.55. The predicted molar refractivity (Wildman–Crippen MR) is 28.5 cm³/mol. The number of carbonyl (C=O) groups excluding carboxylic acids is 1. The van der Waals surface area contributed by atoms with E-state index >= 15 is 0 Å². The second-order valence-corrected chi connectivity index (χ2v) is 1.01. The Kier molecular flexibility index (Phi) is 3.60. The molecule has 4 nitrogen and oxygen atoms in total. The van der Waals surface area contributed by atoms with Crippen molar-refractivity contribution in [2.24, 2.45) is 5.73 Å². The van der Waals surface area contributed by atoms with Crippen molar-refractivity contribution in [3.8, 4) is 0 Å². The van der Waals surface area contributed by atoms with Crippen LogP contribution in [0.2, 0.25) is 0 Å².